The van der Waals surface area contributed by atoms with Gasteiger partial charge in [0, 0.05) is 5.56 Å². The molecule has 0 aliphatic rings. The number of carbonyl (C=O) groups is 1. The Morgan fingerprint density at radius 2 is 1.69 bits per heavy atom. The van der Waals surface area contributed by atoms with Crippen molar-refractivity contribution in [2.75, 3.05) is 0 Å². The van der Waals surface area contributed by atoms with Gasteiger partial charge in [-0.15, -0.1) is 11.3 Å². The summed E-state index contributed by atoms with van der Waals surface area (Å²) in [5.74, 6) is 0.0718. The lowest BCUT2D eigenvalue weighted by Gasteiger charge is -2.05. The number of rotatable bonds is 4. The number of aromatic nitrogens is 1. The predicted octanol–water partition coefficient (Wildman–Crippen LogP) is 5.43. The van der Waals surface area contributed by atoms with E-state index in [4.69, 9.17) is 0 Å². The van der Waals surface area contributed by atoms with E-state index in [0.717, 1.165) is 15.8 Å². The topological polar surface area (TPSA) is 50.2 Å². The number of benzene rings is 3. The molecule has 3 nitrogen and oxygen atoms in total. The third kappa shape index (κ3) is 3.27. The van der Waals surface area contributed by atoms with Crippen LogP contribution in [0.5, 0.6) is 5.75 Å². The SMILES string of the molecule is O=C(/C(=C/c1cccc(O)c1)c1nc2ccccc2s1)c1ccccc1. The number of Topliss-reactive ketones (excluding diaryl/α,β-unsaturated/α-hetero) is 1. The van der Waals surface area contributed by atoms with Crippen molar-refractivity contribution in [1.29, 1.82) is 0 Å². The van der Waals surface area contributed by atoms with E-state index in [1.165, 1.54) is 11.3 Å². The van der Waals surface area contributed by atoms with Gasteiger partial charge in [0.1, 0.15) is 10.8 Å². The van der Waals surface area contributed by atoms with Gasteiger partial charge >= 0.3 is 0 Å². The zero-order valence-electron chi connectivity index (χ0n) is 13.8. The van der Waals surface area contributed by atoms with Crippen molar-refractivity contribution in [3.05, 3.63) is 95.0 Å². The summed E-state index contributed by atoms with van der Waals surface area (Å²) in [5.41, 5.74) is 2.75. The number of phenolic OH excluding ortho intramolecular Hbond substituents is 1. The minimum Gasteiger partial charge on any atom is -0.508 e. The van der Waals surface area contributed by atoms with E-state index < -0.39 is 0 Å². The molecule has 0 aliphatic carbocycles. The number of phenols is 1. The quantitative estimate of drug-likeness (QED) is 0.392. The summed E-state index contributed by atoms with van der Waals surface area (Å²) in [5, 5.41) is 10.4. The number of carbonyl (C=O) groups excluding carboxylic acids is 1. The van der Waals surface area contributed by atoms with Crippen LogP contribution in [0.1, 0.15) is 20.9 Å². The van der Waals surface area contributed by atoms with Crippen LogP contribution in [-0.2, 0) is 0 Å². The van der Waals surface area contributed by atoms with Crippen LogP contribution < -0.4 is 0 Å². The maximum absolute atomic E-state index is 13.1. The Bertz CT molecular complexity index is 1080. The second-order valence-electron chi connectivity index (χ2n) is 5.83. The van der Waals surface area contributed by atoms with Crippen LogP contribution >= 0.6 is 11.3 Å². The van der Waals surface area contributed by atoms with Crippen molar-refractivity contribution < 1.29 is 9.90 Å². The van der Waals surface area contributed by atoms with Gasteiger partial charge in [-0.25, -0.2) is 4.98 Å². The molecule has 0 fully saturated rings. The van der Waals surface area contributed by atoms with Crippen LogP contribution in [0.2, 0.25) is 0 Å². The molecule has 26 heavy (non-hydrogen) atoms. The number of allylic oxidation sites excluding steroid dienone is 1. The molecule has 4 rings (SSSR count). The minimum absolute atomic E-state index is 0.0898. The second kappa shape index (κ2) is 6.94. The average molecular weight is 357 g/mol. The van der Waals surface area contributed by atoms with Crippen molar-refractivity contribution >= 4 is 39.0 Å². The number of thiazole rings is 1. The Morgan fingerprint density at radius 3 is 2.46 bits per heavy atom. The molecule has 0 atom stereocenters. The first-order valence-corrected chi connectivity index (χ1v) is 8.99. The molecule has 0 saturated carbocycles. The lowest BCUT2D eigenvalue weighted by Crippen LogP contribution is -2.02. The van der Waals surface area contributed by atoms with E-state index in [-0.39, 0.29) is 11.5 Å². The molecule has 1 N–H and O–H groups in total. The standard InChI is InChI=1S/C22H15NO2S/c24-17-10-6-7-15(13-17)14-18(21(25)16-8-2-1-3-9-16)22-23-19-11-4-5-12-20(19)26-22/h1-14,24H/b18-14-. The number of aromatic hydroxyl groups is 1. The molecule has 4 heteroatoms. The lowest BCUT2D eigenvalue weighted by atomic mass is 10.0. The smallest absolute Gasteiger partial charge is 0.196 e. The molecule has 0 bridgehead atoms. The average Bonchev–Trinajstić information content (AvgIpc) is 3.10. The highest BCUT2D eigenvalue weighted by molar-refractivity contribution is 7.20. The van der Waals surface area contributed by atoms with Crippen LogP contribution in [0, 0.1) is 0 Å². The van der Waals surface area contributed by atoms with Crippen LogP contribution in [0.3, 0.4) is 0 Å². The van der Waals surface area contributed by atoms with Crippen molar-refractivity contribution in [2.45, 2.75) is 0 Å². The first-order valence-electron chi connectivity index (χ1n) is 8.17. The van der Waals surface area contributed by atoms with Crippen LogP contribution in [0.25, 0.3) is 21.9 Å². The molecule has 0 amide bonds. The summed E-state index contributed by atoms with van der Waals surface area (Å²) in [4.78, 5) is 17.8. The summed E-state index contributed by atoms with van der Waals surface area (Å²) in [7, 11) is 0. The van der Waals surface area contributed by atoms with E-state index in [9.17, 15) is 9.90 Å². The monoisotopic (exact) mass is 357 g/mol. The maximum atomic E-state index is 13.1. The number of para-hydroxylation sites is 1. The number of hydrogen-bond donors (Lipinski definition) is 1. The van der Waals surface area contributed by atoms with Crippen molar-refractivity contribution in [2.24, 2.45) is 0 Å². The second-order valence-corrected chi connectivity index (χ2v) is 6.87. The van der Waals surface area contributed by atoms with E-state index >= 15 is 0 Å². The summed E-state index contributed by atoms with van der Waals surface area (Å²) in [6.45, 7) is 0. The Hall–Kier alpha value is -3.24. The van der Waals surface area contributed by atoms with Gasteiger partial charge in [0.15, 0.2) is 5.78 Å². The lowest BCUT2D eigenvalue weighted by molar-refractivity contribution is 0.105. The number of fused-ring (bicyclic) bond motifs is 1. The molecule has 4 aromatic rings. The fourth-order valence-electron chi connectivity index (χ4n) is 2.74. The first-order chi connectivity index (χ1) is 12.7. The van der Waals surface area contributed by atoms with Crippen LogP contribution in [0.4, 0.5) is 0 Å². The zero-order valence-corrected chi connectivity index (χ0v) is 14.6. The fourth-order valence-corrected chi connectivity index (χ4v) is 3.72. The summed E-state index contributed by atoms with van der Waals surface area (Å²) < 4.78 is 1.03. The molecule has 0 spiro atoms. The third-order valence-electron chi connectivity index (χ3n) is 3.99. The maximum Gasteiger partial charge on any atom is 0.196 e. The zero-order chi connectivity index (χ0) is 17.9. The number of nitrogens with zero attached hydrogens (tertiary/aromatic N) is 1. The molecule has 126 valence electrons. The molecular weight excluding hydrogens is 342 g/mol. The Balaban J connectivity index is 1.87. The Labute approximate surface area is 154 Å². The number of ketones is 1. The predicted molar refractivity (Wildman–Crippen MR) is 106 cm³/mol. The van der Waals surface area contributed by atoms with Gasteiger partial charge in [-0.1, -0.05) is 54.6 Å². The summed E-state index contributed by atoms with van der Waals surface area (Å²) in [6.07, 6.45) is 1.78. The van der Waals surface area contributed by atoms with Gasteiger partial charge < -0.3 is 5.11 Å². The molecule has 3 aromatic carbocycles. The molecule has 0 saturated heterocycles. The van der Waals surface area contributed by atoms with Gasteiger partial charge in [0.25, 0.3) is 0 Å². The first kappa shape index (κ1) is 16.2. The van der Waals surface area contributed by atoms with Crippen LogP contribution in [0.15, 0.2) is 78.9 Å². The van der Waals surface area contributed by atoms with Crippen molar-refractivity contribution in [3.8, 4) is 5.75 Å². The van der Waals surface area contributed by atoms with E-state index in [2.05, 4.69) is 4.98 Å². The highest BCUT2D eigenvalue weighted by Gasteiger charge is 2.18. The molecule has 0 radical (unpaired) electrons. The molecule has 1 aromatic heterocycles. The van der Waals surface area contributed by atoms with Gasteiger partial charge in [0.2, 0.25) is 0 Å². The highest BCUT2D eigenvalue weighted by Crippen LogP contribution is 2.31. The van der Waals surface area contributed by atoms with Crippen molar-refractivity contribution in [3.63, 3.8) is 0 Å². The van der Waals surface area contributed by atoms with Crippen molar-refractivity contribution in [1.82, 2.24) is 4.98 Å². The van der Waals surface area contributed by atoms with E-state index in [0.29, 0.717) is 16.1 Å². The fraction of sp³-hybridized carbons (Fsp3) is 0. The number of hydrogen-bond acceptors (Lipinski definition) is 4. The normalized spacial score (nSPS) is 11.6. The van der Waals surface area contributed by atoms with Gasteiger partial charge in [0.05, 0.1) is 15.8 Å². The van der Waals surface area contributed by atoms with E-state index in [1.54, 1.807) is 36.4 Å². The van der Waals surface area contributed by atoms with E-state index in [1.807, 2.05) is 48.5 Å². The summed E-state index contributed by atoms with van der Waals surface area (Å²) >= 11 is 1.49. The molecule has 0 aliphatic heterocycles. The minimum atomic E-state index is -0.0898. The third-order valence-corrected chi connectivity index (χ3v) is 5.06. The van der Waals surface area contributed by atoms with Gasteiger partial charge in [-0.3, -0.25) is 4.79 Å². The summed E-state index contributed by atoms with van der Waals surface area (Å²) in [6, 6.07) is 23.8. The van der Waals surface area contributed by atoms with Gasteiger partial charge in [-0.05, 0) is 35.9 Å². The highest BCUT2D eigenvalue weighted by atomic mass is 32.1. The van der Waals surface area contributed by atoms with Crippen LogP contribution in [-0.4, -0.2) is 15.9 Å². The van der Waals surface area contributed by atoms with Gasteiger partial charge in [-0.2, -0.15) is 0 Å². The Kier molecular flexibility index (Phi) is 4.33. The molecule has 0 unspecified atom stereocenters. The molecular formula is C22H15NO2S. The Morgan fingerprint density at radius 1 is 0.923 bits per heavy atom. The largest absolute Gasteiger partial charge is 0.508 e. The molecule has 1 heterocycles.